The van der Waals surface area contributed by atoms with E-state index in [1.54, 1.807) is 31.3 Å². The lowest BCUT2D eigenvalue weighted by molar-refractivity contribution is -0.121. The van der Waals surface area contributed by atoms with E-state index in [4.69, 9.17) is 24.4 Å². The second kappa shape index (κ2) is 9.40. The summed E-state index contributed by atoms with van der Waals surface area (Å²) in [4.78, 5) is 16.7. The Bertz CT molecular complexity index is 795. The fourth-order valence-electron chi connectivity index (χ4n) is 2.62. The number of likely N-dealkylation sites (tertiary alicyclic amines) is 1. The first-order valence-corrected chi connectivity index (χ1v) is 10.8. The third kappa shape index (κ3) is 6.38. The summed E-state index contributed by atoms with van der Waals surface area (Å²) in [5.74, 6) is -1.44. The van der Waals surface area contributed by atoms with E-state index >= 15 is 0 Å². The van der Waals surface area contributed by atoms with Crippen molar-refractivity contribution in [3.63, 3.8) is 0 Å². The summed E-state index contributed by atoms with van der Waals surface area (Å²) in [6.07, 6.45) is 2.10. The van der Waals surface area contributed by atoms with Crippen molar-refractivity contribution in [2.45, 2.75) is 12.8 Å². The zero-order valence-corrected chi connectivity index (χ0v) is 17.7. The normalized spacial score (nSPS) is 13.9. The van der Waals surface area contributed by atoms with E-state index in [-0.39, 0.29) is 0 Å². The van der Waals surface area contributed by atoms with Crippen LogP contribution in [0.5, 0.6) is 0 Å². The van der Waals surface area contributed by atoms with E-state index < -0.39 is 21.7 Å². The summed E-state index contributed by atoms with van der Waals surface area (Å²) in [7, 11) is -0.853. The minimum Gasteiger partial charge on any atom is -0.348 e. The van der Waals surface area contributed by atoms with Crippen LogP contribution >= 0.6 is 24.4 Å². The van der Waals surface area contributed by atoms with Crippen LogP contribution in [0, 0.1) is 0 Å². The summed E-state index contributed by atoms with van der Waals surface area (Å²) in [6, 6.07) is 8.99. The van der Waals surface area contributed by atoms with E-state index in [0.29, 0.717) is 15.7 Å². The molecule has 0 saturated carbocycles. The Balaban J connectivity index is 1.88. The fraction of sp³-hybridized carbons (Fsp3) is 0.438. The van der Waals surface area contributed by atoms with Crippen LogP contribution in [0.25, 0.3) is 0 Å². The molecule has 27 heavy (non-hydrogen) atoms. The van der Waals surface area contributed by atoms with E-state index in [2.05, 4.69) is 10.3 Å². The van der Waals surface area contributed by atoms with Crippen LogP contribution in [0.2, 0.25) is 0 Å². The number of hydrogen-bond acceptors (Lipinski definition) is 5. The van der Waals surface area contributed by atoms with E-state index in [1.807, 2.05) is 11.0 Å². The van der Waals surface area contributed by atoms with Gasteiger partial charge in [0, 0.05) is 32.7 Å². The molecule has 11 heteroatoms. The molecule has 0 radical (unpaired) electrons. The highest BCUT2D eigenvalue weighted by atomic mass is 32.2. The second-order valence-corrected chi connectivity index (χ2v) is 8.60. The third-order valence-corrected chi connectivity index (χ3v) is 6.11. The van der Waals surface area contributed by atoms with Crippen molar-refractivity contribution >= 4 is 50.5 Å². The van der Waals surface area contributed by atoms with Gasteiger partial charge in [-0.25, -0.2) is 8.42 Å². The lowest BCUT2D eigenvalue weighted by atomic mass is 10.2. The quantitative estimate of drug-likeness (QED) is 0.516. The van der Waals surface area contributed by atoms with Gasteiger partial charge in [-0.1, -0.05) is 42.5 Å². The van der Waals surface area contributed by atoms with E-state index in [0.717, 1.165) is 25.9 Å². The van der Waals surface area contributed by atoms with Gasteiger partial charge in [-0.15, -0.1) is 4.83 Å². The van der Waals surface area contributed by atoms with Gasteiger partial charge in [0.05, 0.1) is 0 Å². The molecule has 1 aliphatic rings. The number of rotatable bonds is 5. The third-order valence-electron chi connectivity index (χ3n) is 3.88. The van der Waals surface area contributed by atoms with Crippen LogP contribution in [0.4, 0.5) is 0 Å². The van der Waals surface area contributed by atoms with Crippen molar-refractivity contribution < 1.29 is 13.2 Å². The number of thiocarbonyl (C=S) groups is 2. The molecule has 1 aromatic rings. The highest BCUT2D eigenvalue weighted by Crippen LogP contribution is 2.09. The molecule has 8 nitrogen and oxygen atoms in total. The molecular weight excluding hydrogens is 406 g/mol. The van der Waals surface area contributed by atoms with Crippen LogP contribution < -0.4 is 10.3 Å². The predicted octanol–water partition coefficient (Wildman–Crippen LogP) is 0.472. The Morgan fingerprint density at radius 1 is 1.11 bits per heavy atom. The van der Waals surface area contributed by atoms with E-state index in [9.17, 15) is 13.2 Å². The Morgan fingerprint density at radius 3 is 2.30 bits per heavy atom. The first-order valence-electron chi connectivity index (χ1n) is 8.35. The van der Waals surface area contributed by atoms with Gasteiger partial charge in [-0.05, 0) is 25.1 Å². The molecule has 0 aromatic heterocycles. The van der Waals surface area contributed by atoms with Crippen LogP contribution in [0.15, 0.2) is 30.3 Å². The van der Waals surface area contributed by atoms with Crippen molar-refractivity contribution in [2.24, 2.45) is 0 Å². The zero-order chi connectivity index (χ0) is 20.0. The monoisotopic (exact) mass is 429 g/mol. The number of benzene rings is 1. The highest BCUT2D eigenvalue weighted by Gasteiger charge is 2.23. The molecule has 148 valence electrons. The molecule has 1 heterocycles. The number of carbonyl (C=O) groups is 1. The number of nitrogens with zero attached hydrogens (tertiary/aromatic N) is 3. The Labute approximate surface area is 170 Å². The van der Waals surface area contributed by atoms with Gasteiger partial charge in [0.1, 0.15) is 10.7 Å². The molecular formula is C16H23N5O3S3. The number of amides is 1. The molecule has 0 spiro atoms. The number of hydrogen-bond donors (Lipinski definition) is 2. The summed E-state index contributed by atoms with van der Waals surface area (Å²) in [5.41, 5.74) is 3.18. The Morgan fingerprint density at radius 2 is 1.70 bits per heavy atom. The molecule has 1 amide bonds. The standard InChI is InChI=1S/C16H23N5O3S3/c1-19(15(25)13-8-4-3-5-9-13)18-27(23,24)12-14(22)17-20(2)16(26)21-10-6-7-11-21/h3-5,8-9,18H,6-7,10-12H2,1-2H3,(H,17,22). The Kier molecular flexibility index (Phi) is 7.48. The topological polar surface area (TPSA) is 85.0 Å². The minimum atomic E-state index is -3.93. The zero-order valence-electron chi connectivity index (χ0n) is 15.2. The average molecular weight is 430 g/mol. The molecule has 0 aliphatic carbocycles. The SMILES string of the molecule is CN(NS(=O)(=O)CC(=O)NN(C)C(=S)N1CCCC1)C(=S)c1ccccc1. The van der Waals surface area contributed by atoms with Crippen molar-refractivity contribution in [1.82, 2.24) is 25.2 Å². The molecule has 0 unspecified atom stereocenters. The first kappa shape index (κ1) is 21.5. The van der Waals surface area contributed by atoms with Crippen LogP contribution in [0.1, 0.15) is 18.4 Å². The Hall–Kier alpha value is -1.82. The van der Waals surface area contributed by atoms with Gasteiger partial charge in [-0.3, -0.25) is 20.2 Å². The van der Waals surface area contributed by atoms with Gasteiger partial charge in [0.15, 0.2) is 5.11 Å². The lowest BCUT2D eigenvalue weighted by Crippen LogP contribution is -2.52. The molecule has 1 aromatic carbocycles. The fourth-order valence-corrected chi connectivity index (χ4v) is 4.07. The second-order valence-electron chi connectivity index (χ2n) is 6.15. The number of sulfonamides is 1. The van der Waals surface area contributed by atoms with Crippen LogP contribution in [-0.4, -0.2) is 72.3 Å². The minimum absolute atomic E-state index is 0.298. The molecule has 2 N–H and O–H groups in total. The number of nitrogens with one attached hydrogen (secondary N) is 2. The van der Waals surface area contributed by atoms with E-state index in [1.165, 1.54) is 17.1 Å². The molecule has 1 fully saturated rings. The molecule has 0 bridgehead atoms. The van der Waals surface area contributed by atoms with Crippen molar-refractivity contribution in [2.75, 3.05) is 32.9 Å². The van der Waals surface area contributed by atoms with Crippen molar-refractivity contribution in [3.8, 4) is 0 Å². The summed E-state index contributed by atoms with van der Waals surface area (Å²) in [6.45, 7) is 1.67. The number of carbonyl (C=O) groups excluding carboxylic acids is 1. The van der Waals surface area contributed by atoms with Crippen LogP contribution in [0.3, 0.4) is 0 Å². The van der Waals surface area contributed by atoms with Gasteiger partial charge in [0.25, 0.3) is 5.91 Å². The molecule has 2 rings (SSSR count). The van der Waals surface area contributed by atoms with Crippen molar-refractivity contribution in [3.05, 3.63) is 35.9 Å². The molecule has 1 saturated heterocycles. The lowest BCUT2D eigenvalue weighted by Gasteiger charge is -2.28. The van der Waals surface area contributed by atoms with Crippen LogP contribution in [-0.2, 0) is 14.8 Å². The van der Waals surface area contributed by atoms with Gasteiger partial charge < -0.3 is 4.90 Å². The van der Waals surface area contributed by atoms with Crippen molar-refractivity contribution in [1.29, 1.82) is 0 Å². The molecule has 1 aliphatic heterocycles. The summed E-state index contributed by atoms with van der Waals surface area (Å²) < 4.78 is 24.5. The maximum atomic E-state index is 12.3. The average Bonchev–Trinajstić information content (AvgIpc) is 3.14. The first-order chi connectivity index (χ1) is 12.7. The van der Waals surface area contributed by atoms with Gasteiger partial charge in [0.2, 0.25) is 10.0 Å². The van der Waals surface area contributed by atoms with Gasteiger partial charge in [-0.2, -0.15) is 0 Å². The van der Waals surface area contributed by atoms with Gasteiger partial charge >= 0.3 is 0 Å². The largest absolute Gasteiger partial charge is 0.348 e. The molecule has 0 atom stereocenters. The maximum Gasteiger partial charge on any atom is 0.255 e. The number of hydrazine groups is 2. The highest BCUT2D eigenvalue weighted by molar-refractivity contribution is 7.90. The summed E-state index contributed by atoms with van der Waals surface area (Å²) >= 11 is 10.6. The smallest absolute Gasteiger partial charge is 0.255 e. The summed E-state index contributed by atoms with van der Waals surface area (Å²) in [5, 5.41) is 3.04. The predicted molar refractivity (Wildman–Crippen MR) is 112 cm³/mol. The maximum absolute atomic E-state index is 12.3.